The molecule has 0 saturated carbocycles. The highest BCUT2D eigenvalue weighted by Gasteiger charge is 2.33. The van der Waals surface area contributed by atoms with Gasteiger partial charge in [0.05, 0.1) is 18.7 Å². The van der Waals surface area contributed by atoms with E-state index in [1.807, 2.05) is 0 Å². The molecular formula is C9H4Cl2F2N2O2. The Hall–Kier alpha value is -1.27. The van der Waals surface area contributed by atoms with E-state index in [1.165, 1.54) is 0 Å². The zero-order valence-electron chi connectivity index (χ0n) is 8.14. The zero-order valence-corrected chi connectivity index (χ0v) is 9.65. The van der Waals surface area contributed by atoms with Crippen molar-refractivity contribution >= 4 is 40.6 Å². The quantitative estimate of drug-likeness (QED) is 0.584. The number of nitrogens with zero attached hydrogens (tertiary/aromatic N) is 2. The molecule has 1 aromatic heterocycles. The van der Waals surface area contributed by atoms with Crippen LogP contribution in [0.5, 0.6) is 0 Å². The van der Waals surface area contributed by atoms with Gasteiger partial charge in [0, 0.05) is 0 Å². The summed E-state index contributed by atoms with van der Waals surface area (Å²) in [6, 6.07) is 0. The minimum Gasteiger partial charge on any atom is -0.301 e. The van der Waals surface area contributed by atoms with Gasteiger partial charge in [-0.25, -0.2) is 0 Å². The minimum absolute atomic E-state index is 0.304. The molecule has 8 heteroatoms. The molecule has 4 nitrogen and oxygen atoms in total. The first kappa shape index (κ1) is 12.2. The summed E-state index contributed by atoms with van der Waals surface area (Å²) in [5.41, 5.74) is -0.353. The fraction of sp³-hybridized carbons (Fsp3) is 0.222. The standard InChI is InChI=1S/C9H4Cl2F2N2O2/c10-5-7(6(11)9(13)14-8(5)12)15-2-3(16)1-4(15)17/h1-2H2. The van der Waals surface area contributed by atoms with E-state index in [-0.39, 0.29) is 24.4 Å². The number of amides is 1. The second kappa shape index (κ2) is 4.19. The highest BCUT2D eigenvalue weighted by Crippen LogP contribution is 2.37. The lowest BCUT2D eigenvalue weighted by Gasteiger charge is -2.17. The third-order valence-corrected chi connectivity index (χ3v) is 2.90. The highest BCUT2D eigenvalue weighted by molar-refractivity contribution is 6.40. The average Bonchev–Trinajstić information content (AvgIpc) is 2.56. The van der Waals surface area contributed by atoms with Gasteiger partial charge < -0.3 is 4.90 Å². The summed E-state index contributed by atoms with van der Waals surface area (Å²) in [7, 11) is 0. The summed E-state index contributed by atoms with van der Waals surface area (Å²) in [5.74, 6) is -3.55. The van der Waals surface area contributed by atoms with E-state index in [0.29, 0.717) is 0 Å². The number of carbonyl (C=O) groups is 2. The summed E-state index contributed by atoms with van der Waals surface area (Å²) < 4.78 is 26.3. The SMILES string of the molecule is O=C1CC(=O)N(c2c(Cl)c(F)nc(F)c2Cl)C1. The summed E-state index contributed by atoms with van der Waals surface area (Å²) >= 11 is 11.1. The predicted octanol–water partition coefficient (Wildman–Crippen LogP) is 1.97. The fourth-order valence-electron chi connectivity index (χ4n) is 1.50. The number of halogens is 4. The molecule has 1 fully saturated rings. The molecule has 0 unspecified atom stereocenters. The maximum atomic E-state index is 13.1. The summed E-state index contributed by atoms with van der Waals surface area (Å²) in [4.78, 5) is 26.2. The van der Waals surface area contributed by atoms with Gasteiger partial charge in [-0.2, -0.15) is 13.8 Å². The second-order valence-corrected chi connectivity index (χ2v) is 4.12. The molecule has 0 bridgehead atoms. The molecule has 1 aliphatic heterocycles. The molecule has 1 aromatic rings. The highest BCUT2D eigenvalue weighted by atomic mass is 35.5. The minimum atomic E-state index is -1.28. The zero-order chi connectivity index (χ0) is 12.7. The summed E-state index contributed by atoms with van der Waals surface area (Å²) in [6.45, 7) is -0.304. The molecule has 1 saturated heterocycles. The van der Waals surface area contributed by atoms with Gasteiger partial charge in [0.2, 0.25) is 17.8 Å². The number of hydrogen-bond donors (Lipinski definition) is 0. The molecule has 2 heterocycles. The normalized spacial score (nSPS) is 15.9. The van der Waals surface area contributed by atoms with Gasteiger partial charge in [-0.15, -0.1) is 0 Å². The van der Waals surface area contributed by atoms with Gasteiger partial charge in [0.1, 0.15) is 10.0 Å². The largest absolute Gasteiger partial charge is 0.301 e. The number of aromatic nitrogens is 1. The molecule has 0 spiro atoms. The molecule has 17 heavy (non-hydrogen) atoms. The van der Waals surface area contributed by atoms with E-state index in [0.717, 1.165) is 4.90 Å². The van der Waals surface area contributed by atoms with Crippen molar-refractivity contribution in [2.24, 2.45) is 0 Å². The van der Waals surface area contributed by atoms with E-state index in [1.54, 1.807) is 0 Å². The smallest absolute Gasteiger partial charge is 0.236 e. The number of ketones is 1. The van der Waals surface area contributed by atoms with E-state index in [2.05, 4.69) is 4.98 Å². The van der Waals surface area contributed by atoms with Gasteiger partial charge in [-0.05, 0) is 0 Å². The number of carbonyl (C=O) groups excluding carboxylic acids is 2. The van der Waals surface area contributed by atoms with Crippen molar-refractivity contribution in [1.29, 1.82) is 0 Å². The van der Waals surface area contributed by atoms with Crippen LogP contribution >= 0.6 is 23.2 Å². The van der Waals surface area contributed by atoms with E-state index >= 15 is 0 Å². The first-order valence-corrected chi connectivity index (χ1v) is 5.19. The molecule has 0 atom stereocenters. The molecule has 90 valence electrons. The van der Waals surface area contributed by atoms with Crippen LogP contribution in [0.2, 0.25) is 10.0 Å². The van der Waals surface area contributed by atoms with Crippen LogP contribution in [0.25, 0.3) is 0 Å². The Kier molecular flexibility index (Phi) is 3.01. The van der Waals surface area contributed by atoms with E-state index in [9.17, 15) is 18.4 Å². The Labute approximate surface area is 104 Å². The van der Waals surface area contributed by atoms with Crippen molar-refractivity contribution in [3.63, 3.8) is 0 Å². The van der Waals surface area contributed by atoms with E-state index in [4.69, 9.17) is 23.2 Å². The number of Topliss-reactive ketones (excluding diaryl/α,β-unsaturated/α-hetero) is 1. The molecule has 0 radical (unpaired) electrons. The predicted molar refractivity (Wildman–Crippen MR) is 56.1 cm³/mol. The number of rotatable bonds is 1. The molecule has 1 amide bonds. The lowest BCUT2D eigenvalue weighted by molar-refractivity contribution is -0.121. The summed E-state index contributed by atoms with van der Waals surface area (Å²) in [6.07, 6.45) is -0.335. The van der Waals surface area contributed by atoms with Crippen molar-refractivity contribution in [3.8, 4) is 0 Å². The van der Waals surface area contributed by atoms with Crippen LogP contribution in [-0.4, -0.2) is 23.2 Å². The van der Waals surface area contributed by atoms with Crippen LogP contribution in [0, 0.1) is 11.9 Å². The van der Waals surface area contributed by atoms with Crippen molar-refractivity contribution in [3.05, 3.63) is 21.9 Å². The topological polar surface area (TPSA) is 50.3 Å². The average molecular weight is 281 g/mol. The first-order chi connectivity index (χ1) is 7.91. The van der Waals surface area contributed by atoms with Crippen LogP contribution in [0.1, 0.15) is 6.42 Å². The van der Waals surface area contributed by atoms with Crippen molar-refractivity contribution in [2.45, 2.75) is 6.42 Å². The maximum absolute atomic E-state index is 13.1. The lowest BCUT2D eigenvalue weighted by Crippen LogP contribution is -2.26. The van der Waals surface area contributed by atoms with Crippen molar-refractivity contribution in [1.82, 2.24) is 4.98 Å². The maximum Gasteiger partial charge on any atom is 0.236 e. The second-order valence-electron chi connectivity index (χ2n) is 3.37. The van der Waals surface area contributed by atoms with E-state index < -0.39 is 27.8 Å². The van der Waals surface area contributed by atoms with Crippen LogP contribution in [0.4, 0.5) is 14.5 Å². The monoisotopic (exact) mass is 280 g/mol. The Morgan fingerprint density at radius 1 is 1.12 bits per heavy atom. The van der Waals surface area contributed by atoms with Crippen LogP contribution in [0.3, 0.4) is 0 Å². The van der Waals surface area contributed by atoms with Gasteiger partial charge in [0.15, 0.2) is 5.78 Å². The van der Waals surface area contributed by atoms with Gasteiger partial charge in [-0.3, -0.25) is 9.59 Å². The number of anilines is 1. The fourth-order valence-corrected chi connectivity index (χ4v) is 2.03. The third kappa shape index (κ3) is 1.98. The van der Waals surface area contributed by atoms with Crippen molar-refractivity contribution < 1.29 is 18.4 Å². The molecular weight excluding hydrogens is 277 g/mol. The van der Waals surface area contributed by atoms with Crippen LogP contribution in [-0.2, 0) is 9.59 Å². The Morgan fingerprint density at radius 3 is 2.06 bits per heavy atom. The molecule has 0 aliphatic carbocycles. The Balaban J connectivity index is 2.59. The van der Waals surface area contributed by atoms with Gasteiger partial charge in [0.25, 0.3) is 0 Å². The van der Waals surface area contributed by atoms with Gasteiger partial charge in [-0.1, -0.05) is 23.2 Å². The third-order valence-electron chi connectivity index (χ3n) is 2.23. The molecule has 2 rings (SSSR count). The Morgan fingerprint density at radius 2 is 1.65 bits per heavy atom. The van der Waals surface area contributed by atoms with Gasteiger partial charge >= 0.3 is 0 Å². The molecule has 0 aromatic carbocycles. The van der Waals surface area contributed by atoms with Crippen LogP contribution < -0.4 is 4.90 Å². The number of hydrogen-bond acceptors (Lipinski definition) is 3. The molecule has 0 N–H and O–H groups in total. The Bertz CT molecular complexity index is 510. The molecule has 1 aliphatic rings. The van der Waals surface area contributed by atoms with Crippen LogP contribution in [0.15, 0.2) is 0 Å². The van der Waals surface area contributed by atoms with Crippen molar-refractivity contribution in [2.75, 3.05) is 11.4 Å². The number of pyridine rings is 1. The summed E-state index contributed by atoms with van der Waals surface area (Å²) in [5, 5.41) is -1.17. The first-order valence-electron chi connectivity index (χ1n) is 4.44. The lowest BCUT2D eigenvalue weighted by atomic mass is 10.3.